The molecule has 0 aromatic carbocycles. The smallest absolute Gasteiger partial charge is 0.410 e. The van der Waals surface area contributed by atoms with E-state index in [1.807, 2.05) is 0 Å². The normalized spacial score (nSPS) is 12.3. The zero-order chi connectivity index (χ0) is 18.0. The van der Waals surface area contributed by atoms with Gasteiger partial charge >= 0.3 is 18.0 Å². The molecule has 0 aliphatic heterocycles. The summed E-state index contributed by atoms with van der Waals surface area (Å²) in [5.74, 6) is -1.02. The first-order valence-electron chi connectivity index (χ1n) is 7.88. The molecule has 134 valence electrons. The molecule has 23 heavy (non-hydrogen) atoms. The maximum absolute atomic E-state index is 12.2. The summed E-state index contributed by atoms with van der Waals surface area (Å²) in [6.45, 7) is 11.0. The van der Waals surface area contributed by atoms with E-state index in [1.165, 1.54) is 4.90 Å². The molecular formula is C16H29NO6. The Hall–Kier alpha value is -1.79. The molecule has 0 radical (unpaired) electrons. The average molecular weight is 331 g/mol. The third-order valence-corrected chi connectivity index (χ3v) is 2.63. The van der Waals surface area contributed by atoms with Crippen molar-refractivity contribution in [3.05, 3.63) is 0 Å². The first-order valence-corrected chi connectivity index (χ1v) is 7.88. The Balaban J connectivity index is 4.79. The first kappa shape index (κ1) is 21.2. The Morgan fingerprint density at radius 1 is 1.00 bits per heavy atom. The molecule has 0 N–H and O–H groups in total. The molecule has 7 nitrogen and oxygen atoms in total. The molecule has 0 saturated carbocycles. The van der Waals surface area contributed by atoms with Crippen LogP contribution in [-0.2, 0) is 23.8 Å². The number of hydrogen-bond acceptors (Lipinski definition) is 6. The van der Waals surface area contributed by atoms with E-state index in [2.05, 4.69) is 0 Å². The van der Waals surface area contributed by atoms with Crippen LogP contribution in [0.3, 0.4) is 0 Å². The lowest BCUT2D eigenvalue weighted by Crippen LogP contribution is -2.42. The summed E-state index contributed by atoms with van der Waals surface area (Å²) in [4.78, 5) is 36.7. The van der Waals surface area contributed by atoms with Crippen molar-refractivity contribution in [1.82, 2.24) is 4.90 Å². The van der Waals surface area contributed by atoms with E-state index >= 15 is 0 Å². The molecule has 0 bridgehead atoms. The molecule has 0 saturated heterocycles. The molecule has 7 heteroatoms. The highest BCUT2D eigenvalue weighted by atomic mass is 16.6. The molecule has 1 atom stereocenters. The molecule has 0 aromatic rings. The number of carbonyl (C=O) groups is 3. The molecule has 0 rings (SSSR count). The quantitative estimate of drug-likeness (QED) is 0.502. The summed E-state index contributed by atoms with van der Waals surface area (Å²) in [5, 5.41) is 0. The van der Waals surface area contributed by atoms with E-state index < -0.39 is 17.7 Å². The Kier molecular flexibility index (Phi) is 9.29. The number of nitrogens with zero attached hydrogens (tertiary/aromatic N) is 1. The fraction of sp³-hybridized carbons (Fsp3) is 0.812. The standard InChI is InChI=1S/C16H29NO6/c1-7-21-13(18)9-12(3)10-17(11-14(19)22-8-2)15(20)23-16(4,5)6/h12H,7-11H2,1-6H3. The van der Waals surface area contributed by atoms with Crippen molar-refractivity contribution in [3.8, 4) is 0 Å². The van der Waals surface area contributed by atoms with Crippen LogP contribution < -0.4 is 0 Å². The van der Waals surface area contributed by atoms with E-state index in [9.17, 15) is 14.4 Å². The minimum Gasteiger partial charge on any atom is -0.466 e. The van der Waals surface area contributed by atoms with Gasteiger partial charge in [0.1, 0.15) is 12.1 Å². The van der Waals surface area contributed by atoms with Crippen molar-refractivity contribution in [2.75, 3.05) is 26.3 Å². The molecule has 0 spiro atoms. The molecule has 0 fully saturated rings. The predicted molar refractivity (Wildman–Crippen MR) is 84.9 cm³/mol. The van der Waals surface area contributed by atoms with Gasteiger partial charge in [0.25, 0.3) is 0 Å². The highest BCUT2D eigenvalue weighted by molar-refractivity contribution is 5.78. The third kappa shape index (κ3) is 10.5. The van der Waals surface area contributed by atoms with Gasteiger partial charge in [0.05, 0.1) is 13.2 Å². The molecule has 0 aromatic heterocycles. The van der Waals surface area contributed by atoms with Gasteiger partial charge in [-0.2, -0.15) is 0 Å². The maximum Gasteiger partial charge on any atom is 0.410 e. The van der Waals surface area contributed by atoms with Gasteiger partial charge in [-0.25, -0.2) is 4.79 Å². The zero-order valence-corrected chi connectivity index (χ0v) is 15.0. The average Bonchev–Trinajstić information content (AvgIpc) is 2.36. The van der Waals surface area contributed by atoms with Gasteiger partial charge in [0.15, 0.2) is 0 Å². The van der Waals surface area contributed by atoms with Crippen LogP contribution in [0.15, 0.2) is 0 Å². The van der Waals surface area contributed by atoms with Crippen LogP contribution in [0.25, 0.3) is 0 Å². The van der Waals surface area contributed by atoms with Crippen molar-refractivity contribution in [2.24, 2.45) is 5.92 Å². The lowest BCUT2D eigenvalue weighted by molar-refractivity contribution is -0.144. The van der Waals surface area contributed by atoms with Crippen molar-refractivity contribution in [1.29, 1.82) is 0 Å². The van der Waals surface area contributed by atoms with E-state index in [0.29, 0.717) is 6.61 Å². The van der Waals surface area contributed by atoms with Crippen LogP contribution in [0, 0.1) is 5.92 Å². The number of carbonyl (C=O) groups excluding carboxylic acids is 3. The van der Waals surface area contributed by atoms with Gasteiger partial charge in [0, 0.05) is 13.0 Å². The summed E-state index contributed by atoms with van der Waals surface area (Å²) >= 11 is 0. The summed E-state index contributed by atoms with van der Waals surface area (Å²) in [6, 6.07) is 0. The van der Waals surface area contributed by atoms with Crippen LogP contribution in [-0.4, -0.2) is 54.8 Å². The van der Waals surface area contributed by atoms with Gasteiger partial charge in [-0.1, -0.05) is 6.92 Å². The number of ether oxygens (including phenoxy) is 3. The number of esters is 2. The monoisotopic (exact) mass is 331 g/mol. The molecule has 0 aliphatic carbocycles. The van der Waals surface area contributed by atoms with Gasteiger partial charge in [-0.3, -0.25) is 14.5 Å². The van der Waals surface area contributed by atoms with E-state index in [0.717, 1.165) is 0 Å². The lowest BCUT2D eigenvalue weighted by atomic mass is 10.1. The van der Waals surface area contributed by atoms with Crippen LogP contribution in [0.2, 0.25) is 0 Å². The fourth-order valence-electron chi connectivity index (χ4n) is 1.84. The Labute approximate surface area is 138 Å². The summed E-state index contributed by atoms with van der Waals surface area (Å²) in [7, 11) is 0. The van der Waals surface area contributed by atoms with Crippen LogP contribution >= 0.6 is 0 Å². The predicted octanol–water partition coefficient (Wildman–Crippen LogP) is 2.38. The van der Waals surface area contributed by atoms with Crippen LogP contribution in [0.1, 0.15) is 48.0 Å². The molecular weight excluding hydrogens is 302 g/mol. The highest BCUT2D eigenvalue weighted by Crippen LogP contribution is 2.13. The third-order valence-electron chi connectivity index (χ3n) is 2.63. The molecule has 1 unspecified atom stereocenters. The second-order valence-corrected chi connectivity index (χ2v) is 6.28. The molecule has 0 aliphatic rings. The number of amides is 1. The van der Waals surface area contributed by atoms with E-state index in [1.54, 1.807) is 41.5 Å². The van der Waals surface area contributed by atoms with Gasteiger partial charge in [-0.05, 0) is 40.5 Å². The highest BCUT2D eigenvalue weighted by Gasteiger charge is 2.26. The SMILES string of the molecule is CCOC(=O)CC(C)CN(CC(=O)OCC)C(=O)OC(C)(C)C. The summed E-state index contributed by atoms with van der Waals surface area (Å²) in [5.41, 5.74) is -0.672. The minimum absolute atomic E-state index is 0.163. The van der Waals surface area contributed by atoms with Gasteiger partial charge < -0.3 is 14.2 Å². The lowest BCUT2D eigenvalue weighted by Gasteiger charge is -2.28. The second kappa shape index (κ2) is 10.1. The van der Waals surface area contributed by atoms with E-state index in [4.69, 9.17) is 14.2 Å². The zero-order valence-electron chi connectivity index (χ0n) is 15.0. The molecule has 0 heterocycles. The van der Waals surface area contributed by atoms with Gasteiger partial charge in [-0.15, -0.1) is 0 Å². The first-order chi connectivity index (χ1) is 10.6. The Morgan fingerprint density at radius 2 is 1.52 bits per heavy atom. The minimum atomic E-state index is -0.672. The molecule has 1 amide bonds. The maximum atomic E-state index is 12.2. The van der Waals surface area contributed by atoms with E-state index in [-0.39, 0.29) is 38.0 Å². The topological polar surface area (TPSA) is 82.1 Å². The van der Waals surface area contributed by atoms with Crippen LogP contribution in [0.5, 0.6) is 0 Å². The second-order valence-electron chi connectivity index (χ2n) is 6.28. The largest absolute Gasteiger partial charge is 0.466 e. The van der Waals surface area contributed by atoms with Crippen molar-refractivity contribution < 1.29 is 28.6 Å². The van der Waals surface area contributed by atoms with Crippen molar-refractivity contribution in [3.63, 3.8) is 0 Å². The van der Waals surface area contributed by atoms with Crippen molar-refractivity contribution in [2.45, 2.75) is 53.6 Å². The van der Waals surface area contributed by atoms with Crippen LogP contribution in [0.4, 0.5) is 4.79 Å². The fourth-order valence-corrected chi connectivity index (χ4v) is 1.84. The Bertz CT molecular complexity index is 402. The van der Waals surface area contributed by atoms with Crippen molar-refractivity contribution >= 4 is 18.0 Å². The number of hydrogen-bond donors (Lipinski definition) is 0. The van der Waals surface area contributed by atoms with Gasteiger partial charge in [0.2, 0.25) is 0 Å². The summed E-state index contributed by atoms with van der Waals surface area (Å²) < 4.78 is 15.1. The number of rotatable bonds is 8. The Morgan fingerprint density at radius 3 is 2.00 bits per heavy atom. The summed E-state index contributed by atoms with van der Waals surface area (Å²) in [6.07, 6.45) is -0.447.